The second-order valence-electron chi connectivity index (χ2n) is 7.84. The zero-order valence-corrected chi connectivity index (χ0v) is 16.8. The van der Waals surface area contributed by atoms with Crippen LogP contribution in [-0.2, 0) is 11.2 Å². The Balaban J connectivity index is 1.20. The van der Waals surface area contributed by atoms with E-state index < -0.39 is 0 Å². The summed E-state index contributed by atoms with van der Waals surface area (Å²) in [4.78, 5) is 24.9. The number of halogens is 1. The average molecular weight is 413 g/mol. The molecule has 158 valence electrons. The second kappa shape index (κ2) is 7.71. The van der Waals surface area contributed by atoms with Crippen molar-refractivity contribution >= 4 is 17.4 Å². The molecular formula is C21H24FN5O3. The van der Waals surface area contributed by atoms with E-state index in [0.29, 0.717) is 68.0 Å². The monoisotopic (exact) mass is 413 g/mol. The summed E-state index contributed by atoms with van der Waals surface area (Å²) < 4.78 is 25.7. The van der Waals surface area contributed by atoms with Crippen molar-refractivity contribution in [2.45, 2.75) is 31.8 Å². The van der Waals surface area contributed by atoms with Crippen LogP contribution in [0.5, 0.6) is 11.5 Å². The molecule has 3 fully saturated rings. The molecule has 1 aromatic heterocycles. The van der Waals surface area contributed by atoms with Crippen LogP contribution < -0.4 is 19.7 Å². The minimum Gasteiger partial charge on any atom is -0.486 e. The Morgan fingerprint density at radius 3 is 2.73 bits per heavy atom. The maximum atomic E-state index is 14.6. The van der Waals surface area contributed by atoms with Crippen molar-refractivity contribution < 1.29 is 18.7 Å². The van der Waals surface area contributed by atoms with E-state index in [1.165, 1.54) is 6.33 Å². The number of nitrogens with one attached hydrogen (secondary N) is 1. The van der Waals surface area contributed by atoms with Gasteiger partial charge in [-0.1, -0.05) is 6.92 Å². The van der Waals surface area contributed by atoms with Gasteiger partial charge in [0.1, 0.15) is 19.5 Å². The average Bonchev–Trinajstić information content (AvgIpc) is 2.77. The molecule has 2 atom stereocenters. The van der Waals surface area contributed by atoms with Gasteiger partial charge in [-0.3, -0.25) is 9.69 Å². The molecule has 5 heterocycles. The van der Waals surface area contributed by atoms with E-state index in [-0.39, 0.29) is 23.8 Å². The van der Waals surface area contributed by atoms with Crippen molar-refractivity contribution in [3.05, 3.63) is 36.0 Å². The van der Waals surface area contributed by atoms with Gasteiger partial charge in [0, 0.05) is 36.9 Å². The number of aromatic nitrogens is 2. The highest BCUT2D eigenvalue weighted by molar-refractivity contribution is 5.92. The number of nitrogens with zero attached hydrogens (tertiary/aromatic N) is 4. The van der Waals surface area contributed by atoms with Crippen LogP contribution in [0.3, 0.4) is 0 Å². The van der Waals surface area contributed by atoms with Gasteiger partial charge in [0.05, 0.1) is 12.2 Å². The lowest BCUT2D eigenvalue weighted by atomic mass is 9.87. The molecule has 4 aliphatic heterocycles. The Bertz CT molecular complexity index is 960. The number of carbonyl (C=O) groups excluding carboxylic acids is 1. The van der Waals surface area contributed by atoms with Gasteiger partial charge in [-0.25, -0.2) is 14.4 Å². The Kier molecular flexibility index (Phi) is 4.90. The molecule has 0 aliphatic carbocycles. The molecule has 2 bridgehead atoms. The molecular weight excluding hydrogens is 389 g/mol. The Morgan fingerprint density at radius 2 is 1.97 bits per heavy atom. The maximum absolute atomic E-state index is 14.6. The van der Waals surface area contributed by atoms with E-state index in [1.54, 1.807) is 12.1 Å². The highest BCUT2D eigenvalue weighted by Crippen LogP contribution is 2.35. The molecule has 30 heavy (non-hydrogen) atoms. The van der Waals surface area contributed by atoms with E-state index in [1.807, 2.05) is 17.9 Å². The van der Waals surface area contributed by atoms with Crippen LogP contribution in [0, 0.1) is 5.82 Å². The van der Waals surface area contributed by atoms with Crippen LogP contribution in [0.25, 0.3) is 0 Å². The van der Waals surface area contributed by atoms with Gasteiger partial charge in [0.25, 0.3) is 0 Å². The first-order valence-electron chi connectivity index (χ1n) is 10.3. The summed E-state index contributed by atoms with van der Waals surface area (Å²) in [7, 11) is 0. The summed E-state index contributed by atoms with van der Waals surface area (Å²) >= 11 is 0. The van der Waals surface area contributed by atoms with Crippen molar-refractivity contribution in [2.24, 2.45) is 0 Å². The molecule has 2 unspecified atom stereocenters. The van der Waals surface area contributed by atoms with Gasteiger partial charge in [0.15, 0.2) is 23.1 Å². The fourth-order valence-electron chi connectivity index (χ4n) is 4.47. The highest BCUT2D eigenvalue weighted by atomic mass is 19.1. The van der Waals surface area contributed by atoms with Crippen LogP contribution in [0.1, 0.15) is 19.0 Å². The zero-order valence-electron chi connectivity index (χ0n) is 16.8. The highest BCUT2D eigenvalue weighted by Gasteiger charge is 2.46. The number of piperidine rings is 1. The third-order valence-electron chi connectivity index (χ3n) is 5.97. The number of carbonyl (C=O) groups is 1. The number of anilines is 2. The predicted molar refractivity (Wildman–Crippen MR) is 109 cm³/mol. The minimum atomic E-state index is -0.329. The topological polar surface area (TPSA) is 79.8 Å². The molecule has 8 nitrogen and oxygen atoms in total. The number of hydrogen-bond acceptors (Lipinski definition) is 7. The van der Waals surface area contributed by atoms with Gasteiger partial charge in [-0.15, -0.1) is 0 Å². The quantitative estimate of drug-likeness (QED) is 0.801. The fourth-order valence-corrected chi connectivity index (χ4v) is 4.47. The van der Waals surface area contributed by atoms with Gasteiger partial charge in [0.2, 0.25) is 5.91 Å². The molecule has 6 rings (SSSR count). The van der Waals surface area contributed by atoms with Crippen molar-refractivity contribution in [1.29, 1.82) is 0 Å². The zero-order chi connectivity index (χ0) is 20.7. The lowest BCUT2D eigenvalue weighted by Gasteiger charge is -2.56. The number of fused-ring (bicyclic) bond motifs is 3. The predicted octanol–water partition coefficient (Wildman–Crippen LogP) is 1.85. The van der Waals surface area contributed by atoms with Crippen LogP contribution in [0.4, 0.5) is 15.9 Å². The van der Waals surface area contributed by atoms with Gasteiger partial charge >= 0.3 is 0 Å². The molecule has 1 aromatic carbocycles. The van der Waals surface area contributed by atoms with E-state index in [0.717, 1.165) is 6.42 Å². The third kappa shape index (κ3) is 3.43. The Hall–Kier alpha value is -2.94. The second-order valence-corrected chi connectivity index (χ2v) is 7.84. The van der Waals surface area contributed by atoms with E-state index in [2.05, 4.69) is 20.2 Å². The summed E-state index contributed by atoms with van der Waals surface area (Å²) in [5.74, 6) is 1.31. The summed E-state index contributed by atoms with van der Waals surface area (Å²) in [6, 6.07) is 5.84. The first-order chi connectivity index (χ1) is 14.6. The number of aryl methyl sites for hydroxylation is 1. The minimum absolute atomic E-state index is 0.0729. The molecule has 9 heteroatoms. The summed E-state index contributed by atoms with van der Waals surface area (Å²) in [5.41, 5.74) is 1.13. The Labute approximate surface area is 174 Å². The number of piperazine rings is 1. The SMILES string of the molecule is CCc1ncnc(N2CC3CC(C2)N3CC(=O)Nc2ccc3c(c2)OCCO3)c1F. The molecule has 1 N–H and O–H groups in total. The lowest BCUT2D eigenvalue weighted by molar-refractivity contribution is -0.121. The third-order valence-corrected chi connectivity index (χ3v) is 5.97. The fraction of sp³-hybridized carbons (Fsp3) is 0.476. The number of hydrogen-bond donors (Lipinski definition) is 1. The normalized spacial score (nSPS) is 22.4. The Morgan fingerprint density at radius 1 is 1.20 bits per heavy atom. The van der Waals surface area contributed by atoms with Crippen molar-refractivity contribution in [2.75, 3.05) is 43.1 Å². The molecule has 0 spiro atoms. The lowest BCUT2D eigenvalue weighted by Crippen LogP contribution is -2.70. The number of ether oxygens (including phenoxy) is 2. The van der Waals surface area contributed by atoms with E-state index in [9.17, 15) is 9.18 Å². The first kappa shape index (κ1) is 19.0. The molecule has 4 aliphatic rings. The van der Waals surface area contributed by atoms with E-state index >= 15 is 0 Å². The molecule has 3 saturated heterocycles. The van der Waals surface area contributed by atoms with Gasteiger partial charge in [-0.2, -0.15) is 0 Å². The number of benzene rings is 1. The summed E-state index contributed by atoms with van der Waals surface area (Å²) in [5, 5.41) is 2.94. The largest absolute Gasteiger partial charge is 0.486 e. The van der Waals surface area contributed by atoms with Crippen molar-refractivity contribution in [3.8, 4) is 11.5 Å². The number of amides is 1. The first-order valence-corrected chi connectivity index (χ1v) is 10.3. The smallest absolute Gasteiger partial charge is 0.238 e. The van der Waals surface area contributed by atoms with Crippen LogP contribution in [0.2, 0.25) is 0 Å². The summed E-state index contributed by atoms with van der Waals surface area (Å²) in [6.45, 7) is 4.54. The molecule has 0 saturated carbocycles. The molecule has 1 amide bonds. The van der Waals surface area contributed by atoms with Crippen molar-refractivity contribution in [1.82, 2.24) is 14.9 Å². The van der Waals surface area contributed by atoms with Crippen LogP contribution in [-0.4, -0.2) is 65.7 Å². The number of rotatable bonds is 5. The molecule has 2 aromatic rings. The van der Waals surface area contributed by atoms with Gasteiger partial charge in [-0.05, 0) is 25.0 Å². The maximum Gasteiger partial charge on any atom is 0.238 e. The summed E-state index contributed by atoms with van der Waals surface area (Å²) in [6.07, 6.45) is 2.98. The van der Waals surface area contributed by atoms with Crippen molar-refractivity contribution in [3.63, 3.8) is 0 Å². The standard InChI is InChI=1S/C21H24FN5O3/c1-2-16-20(22)21(24-12-23-16)26-9-14-8-15(10-26)27(14)11-19(28)25-13-3-4-17-18(7-13)30-6-5-29-17/h3-4,7,12,14-15H,2,5-6,8-11H2,1H3,(H,25,28). The van der Waals surface area contributed by atoms with Crippen LogP contribution in [0.15, 0.2) is 24.5 Å². The van der Waals surface area contributed by atoms with Gasteiger partial charge < -0.3 is 19.7 Å². The molecule has 0 radical (unpaired) electrons. The van der Waals surface area contributed by atoms with E-state index in [4.69, 9.17) is 9.47 Å². The van der Waals surface area contributed by atoms with Crippen LogP contribution >= 0.6 is 0 Å².